The molecule has 1 heterocycles. The summed E-state index contributed by atoms with van der Waals surface area (Å²) in [6.07, 6.45) is 1.86. The number of nitrogens with zero attached hydrogens (tertiary/aromatic N) is 1. The maximum absolute atomic E-state index is 13.1. The molecule has 1 N–H and O–H groups in total. The van der Waals surface area contributed by atoms with E-state index in [0.29, 0.717) is 5.56 Å². The molecule has 5 nitrogen and oxygen atoms in total. The number of aryl methyl sites for hydroxylation is 1. The molecule has 1 aliphatic heterocycles. The zero-order chi connectivity index (χ0) is 19.8. The minimum absolute atomic E-state index is 0.0957. The molecule has 144 valence electrons. The van der Waals surface area contributed by atoms with Crippen LogP contribution in [0.25, 0.3) is 0 Å². The van der Waals surface area contributed by atoms with Crippen LogP contribution < -0.4 is 9.62 Å². The Morgan fingerprint density at radius 3 is 2.33 bits per heavy atom. The number of para-hydroxylation sites is 1. The molecule has 0 fully saturated rings. The quantitative estimate of drug-likeness (QED) is 0.874. The van der Waals surface area contributed by atoms with Crippen LogP contribution in [-0.2, 0) is 16.4 Å². The molecule has 6 heteroatoms. The van der Waals surface area contributed by atoms with Gasteiger partial charge in [0.1, 0.15) is 0 Å². The van der Waals surface area contributed by atoms with Crippen molar-refractivity contribution >= 4 is 21.6 Å². The number of hydrogen-bond donors (Lipinski definition) is 1. The summed E-state index contributed by atoms with van der Waals surface area (Å²) in [7, 11) is -3.62. The van der Waals surface area contributed by atoms with Crippen molar-refractivity contribution in [3.8, 4) is 0 Å². The Balaban J connectivity index is 1.89. The zero-order valence-corrected chi connectivity index (χ0v) is 17.0. The van der Waals surface area contributed by atoms with Gasteiger partial charge in [-0.05, 0) is 76.4 Å². The van der Waals surface area contributed by atoms with Gasteiger partial charge in [-0.1, -0.05) is 18.2 Å². The van der Waals surface area contributed by atoms with Crippen LogP contribution in [0.1, 0.15) is 50.0 Å². The highest BCUT2D eigenvalue weighted by atomic mass is 32.2. The summed E-state index contributed by atoms with van der Waals surface area (Å²) < 4.78 is 27.5. The minimum Gasteiger partial charge on any atom is -0.305 e. The Hall–Kier alpha value is -2.18. The zero-order valence-electron chi connectivity index (χ0n) is 16.2. The average Bonchev–Trinajstić information content (AvgIpc) is 2.59. The maximum Gasteiger partial charge on any atom is 0.258 e. The molecule has 0 saturated heterocycles. The standard InChI is InChI=1S/C21H26N2O3S/c1-15-9-10-16-7-5-6-8-19(16)23(15)20(24)17-11-13-18(14-12-17)27(25,26)22-21(2,3)4/h5-8,11-15,22H,9-10H2,1-4H3. The van der Waals surface area contributed by atoms with Gasteiger partial charge in [-0.3, -0.25) is 4.79 Å². The Morgan fingerprint density at radius 2 is 1.70 bits per heavy atom. The van der Waals surface area contributed by atoms with E-state index in [0.717, 1.165) is 24.1 Å². The van der Waals surface area contributed by atoms with Crippen molar-refractivity contribution in [2.75, 3.05) is 4.90 Å². The van der Waals surface area contributed by atoms with Crippen molar-refractivity contribution in [2.45, 2.75) is 57.0 Å². The van der Waals surface area contributed by atoms with Crippen molar-refractivity contribution in [2.24, 2.45) is 0 Å². The van der Waals surface area contributed by atoms with Crippen LogP contribution in [-0.4, -0.2) is 25.9 Å². The number of carbonyl (C=O) groups excluding carboxylic acids is 1. The topological polar surface area (TPSA) is 66.5 Å². The number of benzene rings is 2. The molecule has 2 aromatic rings. The summed E-state index contributed by atoms with van der Waals surface area (Å²) in [5.41, 5.74) is 2.01. The monoisotopic (exact) mass is 386 g/mol. The molecule has 0 aromatic heterocycles. The first kappa shape index (κ1) is 19.6. The number of amides is 1. The highest BCUT2D eigenvalue weighted by molar-refractivity contribution is 7.89. The van der Waals surface area contributed by atoms with E-state index < -0.39 is 15.6 Å². The van der Waals surface area contributed by atoms with E-state index in [-0.39, 0.29) is 16.8 Å². The predicted octanol–water partition coefficient (Wildman–Crippen LogP) is 3.74. The molecule has 3 rings (SSSR count). The summed E-state index contributed by atoms with van der Waals surface area (Å²) in [6.45, 7) is 7.41. The molecule has 1 amide bonds. The van der Waals surface area contributed by atoms with Gasteiger partial charge in [0.05, 0.1) is 4.90 Å². The molecule has 0 bridgehead atoms. The smallest absolute Gasteiger partial charge is 0.258 e. The molecule has 1 atom stereocenters. The van der Waals surface area contributed by atoms with Gasteiger partial charge in [-0.2, -0.15) is 0 Å². The highest BCUT2D eigenvalue weighted by Crippen LogP contribution is 2.31. The van der Waals surface area contributed by atoms with Gasteiger partial charge in [0.15, 0.2) is 0 Å². The van der Waals surface area contributed by atoms with Gasteiger partial charge in [0.25, 0.3) is 5.91 Å². The third kappa shape index (κ3) is 4.22. The number of rotatable bonds is 3. The fourth-order valence-corrected chi connectivity index (χ4v) is 4.79. The maximum atomic E-state index is 13.1. The lowest BCUT2D eigenvalue weighted by Gasteiger charge is -2.35. The van der Waals surface area contributed by atoms with Crippen LogP contribution in [0.4, 0.5) is 5.69 Å². The van der Waals surface area contributed by atoms with Crippen LogP contribution in [0.5, 0.6) is 0 Å². The third-order valence-electron chi connectivity index (χ3n) is 4.59. The van der Waals surface area contributed by atoms with Gasteiger partial charge in [0.2, 0.25) is 10.0 Å². The molecule has 27 heavy (non-hydrogen) atoms. The molecule has 0 radical (unpaired) electrons. The second-order valence-electron chi connectivity index (χ2n) is 8.07. The molecule has 0 aliphatic carbocycles. The van der Waals surface area contributed by atoms with E-state index in [1.165, 1.54) is 12.1 Å². The Labute approximate surface area is 161 Å². The molecule has 1 unspecified atom stereocenters. The lowest BCUT2D eigenvalue weighted by molar-refractivity contribution is 0.0975. The average molecular weight is 387 g/mol. The summed E-state index contributed by atoms with van der Waals surface area (Å²) >= 11 is 0. The Kier molecular flexibility index (Phi) is 5.14. The van der Waals surface area contributed by atoms with E-state index in [1.54, 1.807) is 32.9 Å². The van der Waals surface area contributed by atoms with Crippen LogP contribution in [0.2, 0.25) is 0 Å². The number of nitrogens with one attached hydrogen (secondary N) is 1. The third-order valence-corrected chi connectivity index (χ3v) is 6.37. The van der Waals surface area contributed by atoms with E-state index in [2.05, 4.69) is 10.8 Å². The highest BCUT2D eigenvalue weighted by Gasteiger charge is 2.29. The van der Waals surface area contributed by atoms with E-state index in [1.807, 2.05) is 30.0 Å². The van der Waals surface area contributed by atoms with Gasteiger partial charge in [0, 0.05) is 22.8 Å². The fourth-order valence-electron chi connectivity index (χ4n) is 3.38. The van der Waals surface area contributed by atoms with Crippen molar-refractivity contribution in [1.29, 1.82) is 0 Å². The Bertz CT molecular complexity index is 944. The molecular weight excluding hydrogens is 360 g/mol. The van der Waals surface area contributed by atoms with Crippen LogP contribution >= 0.6 is 0 Å². The number of anilines is 1. The SMILES string of the molecule is CC1CCc2ccccc2N1C(=O)c1ccc(S(=O)(=O)NC(C)(C)C)cc1. The minimum atomic E-state index is -3.62. The summed E-state index contributed by atoms with van der Waals surface area (Å²) in [5.74, 6) is -0.109. The molecule has 1 aliphatic rings. The lowest BCUT2D eigenvalue weighted by atomic mass is 9.96. The summed E-state index contributed by atoms with van der Waals surface area (Å²) in [4.78, 5) is 15.1. The van der Waals surface area contributed by atoms with Crippen molar-refractivity contribution in [3.05, 3.63) is 59.7 Å². The second-order valence-corrected chi connectivity index (χ2v) is 9.75. The van der Waals surface area contributed by atoms with E-state index in [4.69, 9.17) is 0 Å². The van der Waals surface area contributed by atoms with Gasteiger partial charge in [-0.15, -0.1) is 0 Å². The van der Waals surface area contributed by atoms with Crippen molar-refractivity contribution in [1.82, 2.24) is 4.72 Å². The van der Waals surface area contributed by atoms with Crippen LogP contribution in [0, 0.1) is 0 Å². The lowest BCUT2D eigenvalue weighted by Crippen LogP contribution is -2.42. The molecule has 0 saturated carbocycles. The van der Waals surface area contributed by atoms with Gasteiger partial charge < -0.3 is 4.90 Å². The molecular formula is C21H26N2O3S. The number of fused-ring (bicyclic) bond motifs is 1. The van der Waals surface area contributed by atoms with Crippen LogP contribution in [0.3, 0.4) is 0 Å². The largest absolute Gasteiger partial charge is 0.305 e. The first-order valence-corrected chi connectivity index (χ1v) is 10.6. The fraction of sp³-hybridized carbons (Fsp3) is 0.381. The number of hydrogen-bond acceptors (Lipinski definition) is 3. The normalized spacial score (nSPS) is 17.5. The number of carbonyl (C=O) groups is 1. The molecule has 2 aromatic carbocycles. The van der Waals surface area contributed by atoms with Gasteiger partial charge in [-0.25, -0.2) is 13.1 Å². The second kappa shape index (κ2) is 7.09. The Morgan fingerprint density at radius 1 is 1.07 bits per heavy atom. The number of sulfonamides is 1. The first-order valence-electron chi connectivity index (χ1n) is 9.14. The van der Waals surface area contributed by atoms with E-state index >= 15 is 0 Å². The molecule has 0 spiro atoms. The van der Waals surface area contributed by atoms with E-state index in [9.17, 15) is 13.2 Å². The first-order chi connectivity index (χ1) is 12.6. The summed E-state index contributed by atoms with van der Waals surface area (Å²) in [6, 6.07) is 14.2. The van der Waals surface area contributed by atoms with Crippen molar-refractivity contribution < 1.29 is 13.2 Å². The van der Waals surface area contributed by atoms with Crippen LogP contribution in [0.15, 0.2) is 53.4 Å². The van der Waals surface area contributed by atoms with Gasteiger partial charge >= 0.3 is 0 Å². The van der Waals surface area contributed by atoms with Crippen molar-refractivity contribution in [3.63, 3.8) is 0 Å². The summed E-state index contributed by atoms with van der Waals surface area (Å²) in [5, 5.41) is 0. The predicted molar refractivity (Wildman–Crippen MR) is 108 cm³/mol.